The number of hydrogen-bond acceptors (Lipinski definition) is 4. The van der Waals surface area contributed by atoms with Gasteiger partial charge < -0.3 is 0 Å². The highest BCUT2D eigenvalue weighted by Gasteiger charge is 2.26. The van der Waals surface area contributed by atoms with Crippen LogP contribution < -0.4 is 0 Å². The van der Waals surface area contributed by atoms with Gasteiger partial charge in [0, 0.05) is 28.6 Å². The molecule has 0 radical (unpaired) electrons. The van der Waals surface area contributed by atoms with E-state index in [4.69, 9.17) is 16.6 Å². The van der Waals surface area contributed by atoms with E-state index in [1.165, 1.54) is 53.7 Å². The molecule has 0 saturated carbocycles. The van der Waals surface area contributed by atoms with Crippen molar-refractivity contribution < 1.29 is 0 Å². The Bertz CT molecular complexity index is 1950. The predicted molar refractivity (Wildman–Crippen MR) is 170 cm³/mol. The lowest BCUT2D eigenvalue weighted by Crippen LogP contribution is -2.15. The topological polar surface area (TPSA) is 38.7 Å². The van der Waals surface area contributed by atoms with Gasteiger partial charge in [0.2, 0.25) is 5.28 Å². The predicted octanol–water partition coefficient (Wildman–Crippen LogP) is 9.72. The summed E-state index contributed by atoms with van der Waals surface area (Å²) in [6, 6.07) is 30.3. The highest BCUT2D eigenvalue weighted by Crippen LogP contribution is 2.40. The molecule has 8 rings (SSSR count). The van der Waals surface area contributed by atoms with Crippen molar-refractivity contribution in [3.63, 3.8) is 0 Å². The minimum atomic E-state index is 0.373. The zero-order valence-electron chi connectivity index (χ0n) is 22.3. The first kappa shape index (κ1) is 25.1. The fraction of sp³-hybridized carbons (Fsp3) is 0.171. The summed E-state index contributed by atoms with van der Waals surface area (Å²) in [5, 5.41) is 9.43. The van der Waals surface area contributed by atoms with Gasteiger partial charge in [0.15, 0.2) is 0 Å². The molecule has 196 valence electrons. The van der Waals surface area contributed by atoms with Crippen LogP contribution in [-0.2, 0) is 19.3 Å². The quantitative estimate of drug-likeness (QED) is 0.157. The molecule has 3 nitrogen and oxygen atoms in total. The summed E-state index contributed by atoms with van der Waals surface area (Å²) in [5.41, 5.74) is 4.08. The smallest absolute Gasteiger partial charge is 0.223 e. The number of rotatable bonds is 2. The Morgan fingerprint density at radius 3 is 2.45 bits per heavy atom. The average molecular weight is 558 g/mol. The van der Waals surface area contributed by atoms with E-state index in [1.54, 1.807) is 11.3 Å². The Labute approximate surface area is 242 Å². The molecule has 4 aromatic carbocycles. The van der Waals surface area contributed by atoms with Gasteiger partial charge >= 0.3 is 0 Å². The number of benzene rings is 4. The van der Waals surface area contributed by atoms with E-state index in [2.05, 4.69) is 83.6 Å². The van der Waals surface area contributed by atoms with Crippen LogP contribution in [0.25, 0.3) is 42.5 Å². The van der Waals surface area contributed by atoms with Crippen LogP contribution in [-0.4, -0.2) is 15.0 Å². The van der Waals surface area contributed by atoms with Gasteiger partial charge in [-0.2, -0.15) is 0 Å². The fourth-order valence-corrected chi connectivity index (χ4v) is 7.28. The highest BCUT2D eigenvalue weighted by atomic mass is 35.5. The monoisotopic (exact) mass is 557 g/mol. The lowest BCUT2D eigenvalue weighted by molar-refractivity contribution is 0.577. The lowest BCUT2D eigenvalue weighted by Gasteiger charge is -2.26. The summed E-state index contributed by atoms with van der Waals surface area (Å²) in [5.74, 6) is 0.387. The Balaban J connectivity index is 0.000000222. The Morgan fingerprint density at radius 2 is 1.60 bits per heavy atom. The number of pyridine rings is 1. The third-order valence-corrected chi connectivity index (χ3v) is 9.42. The van der Waals surface area contributed by atoms with Crippen molar-refractivity contribution in [3.8, 4) is 0 Å². The Morgan fingerprint density at radius 1 is 0.800 bits per heavy atom. The Kier molecular flexibility index (Phi) is 6.66. The molecule has 0 bridgehead atoms. The van der Waals surface area contributed by atoms with Crippen molar-refractivity contribution in [2.45, 2.75) is 38.5 Å². The van der Waals surface area contributed by atoms with Crippen molar-refractivity contribution in [1.29, 1.82) is 0 Å². The number of fused-ring (bicyclic) bond motifs is 7. The number of nitrogens with zero attached hydrogens (tertiary/aromatic N) is 3. The first-order chi connectivity index (χ1) is 19.7. The molecule has 7 aromatic rings. The van der Waals surface area contributed by atoms with Crippen LogP contribution in [0.3, 0.4) is 0 Å². The summed E-state index contributed by atoms with van der Waals surface area (Å²) in [6.07, 6.45) is 7.88. The SMILES string of the molecule is CCc1cc2c(C3CCc4c(ccc5c4ccc4ccccc45)C3)nc(Cl)nc2s1.c1ccc2cnccc2c1. The molecule has 1 unspecified atom stereocenters. The molecule has 3 heterocycles. The van der Waals surface area contributed by atoms with Crippen LogP contribution in [0.2, 0.25) is 5.28 Å². The number of aromatic nitrogens is 3. The fourth-order valence-electron chi connectivity index (χ4n) is 6.08. The number of aryl methyl sites for hydroxylation is 2. The first-order valence-electron chi connectivity index (χ1n) is 13.8. The minimum Gasteiger partial charge on any atom is -0.264 e. The number of thiophene rings is 1. The van der Waals surface area contributed by atoms with Gasteiger partial charge in [-0.15, -0.1) is 11.3 Å². The third kappa shape index (κ3) is 4.61. The molecule has 5 heteroatoms. The van der Waals surface area contributed by atoms with E-state index in [0.29, 0.717) is 11.2 Å². The second-order valence-corrected chi connectivity index (χ2v) is 11.9. The normalized spacial score (nSPS) is 14.8. The zero-order valence-corrected chi connectivity index (χ0v) is 23.8. The van der Waals surface area contributed by atoms with E-state index in [9.17, 15) is 0 Å². The molecular weight excluding hydrogens is 530 g/mol. The standard InChI is InChI=1S/C26H21ClN2S.C9H7N/c1-2-18-14-23-24(28-26(27)29-25(23)30-18)17-9-10-20-16(13-17)8-12-21-19-6-4-3-5-15(19)7-11-22(20)21;1-2-4-9-7-10-6-5-8(9)3-1/h3-8,11-12,14,17H,2,9-10,13H2,1H3;1-7H. The average Bonchev–Trinajstić information content (AvgIpc) is 3.43. The molecule has 0 amide bonds. The van der Waals surface area contributed by atoms with Crippen molar-refractivity contribution in [1.82, 2.24) is 15.0 Å². The van der Waals surface area contributed by atoms with Gasteiger partial charge in [-0.25, -0.2) is 9.97 Å². The molecule has 3 aromatic heterocycles. The van der Waals surface area contributed by atoms with Gasteiger partial charge in [0.05, 0.1) is 5.69 Å². The van der Waals surface area contributed by atoms with Crippen LogP contribution in [0.15, 0.2) is 97.3 Å². The Hall–Kier alpha value is -3.86. The second-order valence-electron chi connectivity index (χ2n) is 10.4. The number of hydrogen-bond donors (Lipinski definition) is 0. The van der Waals surface area contributed by atoms with Crippen LogP contribution in [0.1, 0.15) is 41.0 Å². The molecule has 1 aliphatic carbocycles. The molecular formula is C35H28ClN3S. The van der Waals surface area contributed by atoms with Crippen LogP contribution in [0.5, 0.6) is 0 Å². The largest absolute Gasteiger partial charge is 0.264 e. The second kappa shape index (κ2) is 10.6. The van der Waals surface area contributed by atoms with E-state index in [0.717, 1.165) is 36.2 Å². The van der Waals surface area contributed by atoms with E-state index in [-0.39, 0.29) is 0 Å². The third-order valence-electron chi connectivity index (χ3n) is 8.07. The summed E-state index contributed by atoms with van der Waals surface area (Å²) in [6.45, 7) is 2.19. The van der Waals surface area contributed by atoms with Gasteiger partial charge in [0.25, 0.3) is 0 Å². The molecule has 1 aliphatic rings. The van der Waals surface area contributed by atoms with Crippen LogP contribution in [0, 0.1) is 0 Å². The molecule has 0 aliphatic heterocycles. The maximum atomic E-state index is 6.31. The molecule has 40 heavy (non-hydrogen) atoms. The van der Waals surface area contributed by atoms with Gasteiger partial charge in [0.1, 0.15) is 4.83 Å². The number of halogens is 1. The first-order valence-corrected chi connectivity index (χ1v) is 15.0. The van der Waals surface area contributed by atoms with Crippen LogP contribution in [0.4, 0.5) is 0 Å². The maximum absolute atomic E-state index is 6.31. The summed E-state index contributed by atoms with van der Waals surface area (Å²) >= 11 is 8.06. The van der Waals surface area contributed by atoms with Gasteiger partial charge in [-0.3, -0.25) is 4.98 Å². The zero-order chi connectivity index (χ0) is 27.1. The molecule has 1 atom stereocenters. The lowest BCUT2D eigenvalue weighted by atomic mass is 9.79. The van der Waals surface area contributed by atoms with Gasteiger partial charge in [-0.05, 0) is 92.9 Å². The summed E-state index contributed by atoms with van der Waals surface area (Å²) < 4.78 is 0. The molecule has 0 N–H and O–H groups in total. The maximum Gasteiger partial charge on any atom is 0.223 e. The van der Waals surface area contributed by atoms with Crippen LogP contribution >= 0.6 is 22.9 Å². The van der Waals surface area contributed by atoms with E-state index in [1.807, 2.05) is 30.6 Å². The molecule has 0 spiro atoms. The highest BCUT2D eigenvalue weighted by molar-refractivity contribution is 7.18. The van der Waals surface area contributed by atoms with E-state index < -0.39 is 0 Å². The van der Waals surface area contributed by atoms with E-state index >= 15 is 0 Å². The molecule has 0 fully saturated rings. The minimum absolute atomic E-state index is 0.373. The van der Waals surface area contributed by atoms with Crippen molar-refractivity contribution >= 4 is 65.5 Å². The van der Waals surface area contributed by atoms with Crippen molar-refractivity contribution in [2.75, 3.05) is 0 Å². The summed E-state index contributed by atoms with van der Waals surface area (Å²) in [7, 11) is 0. The van der Waals surface area contributed by atoms with Gasteiger partial charge in [-0.1, -0.05) is 79.7 Å². The van der Waals surface area contributed by atoms with Crippen molar-refractivity contribution in [3.05, 3.63) is 124 Å². The summed E-state index contributed by atoms with van der Waals surface area (Å²) in [4.78, 5) is 15.6. The van der Waals surface area contributed by atoms with Crippen molar-refractivity contribution in [2.24, 2.45) is 0 Å². The molecule has 0 saturated heterocycles.